The molecule has 15 heavy (non-hydrogen) atoms. The molecule has 0 aliphatic rings. The van der Waals surface area contributed by atoms with Gasteiger partial charge in [-0.3, -0.25) is 9.78 Å². The predicted molar refractivity (Wildman–Crippen MR) is 55.3 cm³/mol. The van der Waals surface area contributed by atoms with Crippen molar-refractivity contribution in [1.82, 2.24) is 14.8 Å². The number of pyridine rings is 1. The maximum absolute atomic E-state index is 11.9. The van der Waals surface area contributed by atoms with E-state index in [4.69, 9.17) is 5.73 Å². The molecular weight excluding hydrogens is 192 g/mol. The van der Waals surface area contributed by atoms with Crippen molar-refractivity contribution in [2.75, 3.05) is 5.73 Å². The van der Waals surface area contributed by atoms with Crippen molar-refractivity contribution in [1.29, 1.82) is 0 Å². The summed E-state index contributed by atoms with van der Waals surface area (Å²) in [5.74, 6) is 0.0649. The van der Waals surface area contributed by atoms with Crippen molar-refractivity contribution < 1.29 is 4.79 Å². The van der Waals surface area contributed by atoms with Crippen LogP contribution in [-0.4, -0.2) is 20.7 Å². The Kier molecular flexibility index (Phi) is 2.21. The maximum atomic E-state index is 11.9. The van der Waals surface area contributed by atoms with E-state index in [-0.39, 0.29) is 5.91 Å². The van der Waals surface area contributed by atoms with E-state index in [0.29, 0.717) is 17.1 Å². The highest BCUT2D eigenvalue weighted by atomic mass is 16.2. The first-order valence-corrected chi connectivity index (χ1v) is 4.45. The summed E-state index contributed by atoms with van der Waals surface area (Å²) in [6.45, 7) is 1.78. The summed E-state index contributed by atoms with van der Waals surface area (Å²) in [6.07, 6.45) is 3.09. The molecule has 2 aromatic rings. The molecule has 0 aliphatic carbocycles. The number of nitrogen functional groups attached to an aromatic ring is 1. The van der Waals surface area contributed by atoms with Crippen LogP contribution < -0.4 is 5.73 Å². The number of rotatable bonds is 1. The molecule has 0 amide bonds. The molecule has 0 unspecified atom stereocenters. The molecule has 0 saturated heterocycles. The predicted octanol–water partition coefficient (Wildman–Crippen LogP) is 0.857. The third kappa shape index (κ3) is 1.71. The van der Waals surface area contributed by atoms with E-state index in [1.807, 2.05) is 0 Å². The molecule has 0 radical (unpaired) electrons. The number of hydrogen-bond donors (Lipinski definition) is 1. The zero-order valence-electron chi connectivity index (χ0n) is 8.21. The fourth-order valence-electron chi connectivity index (χ4n) is 1.29. The Labute approximate surface area is 86.5 Å². The first-order valence-electron chi connectivity index (χ1n) is 4.45. The number of hydrogen-bond acceptors (Lipinski definition) is 4. The van der Waals surface area contributed by atoms with E-state index in [1.165, 1.54) is 10.9 Å². The van der Waals surface area contributed by atoms with Crippen molar-refractivity contribution in [2.45, 2.75) is 6.92 Å². The van der Waals surface area contributed by atoms with Gasteiger partial charge >= 0.3 is 0 Å². The lowest BCUT2D eigenvalue weighted by Gasteiger charge is -2.01. The lowest BCUT2D eigenvalue weighted by molar-refractivity contribution is 0.0947. The molecule has 0 atom stereocenters. The molecular formula is C10H10N4O. The highest BCUT2D eigenvalue weighted by Gasteiger charge is 2.12. The number of carbonyl (C=O) groups excluding carboxylic acids is 1. The number of anilines is 1. The van der Waals surface area contributed by atoms with Crippen LogP contribution in [-0.2, 0) is 0 Å². The smallest absolute Gasteiger partial charge is 0.281 e. The molecule has 2 heterocycles. The Morgan fingerprint density at radius 2 is 2.33 bits per heavy atom. The third-order valence-corrected chi connectivity index (χ3v) is 1.96. The summed E-state index contributed by atoms with van der Waals surface area (Å²) >= 11 is 0. The van der Waals surface area contributed by atoms with Crippen molar-refractivity contribution in [3.63, 3.8) is 0 Å². The van der Waals surface area contributed by atoms with E-state index < -0.39 is 0 Å². The van der Waals surface area contributed by atoms with E-state index in [2.05, 4.69) is 10.1 Å². The van der Waals surface area contributed by atoms with Crippen LogP contribution in [0.15, 0.2) is 30.6 Å². The second-order valence-electron chi connectivity index (χ2n) is 3.17. The minimum absolute atomic E-state index is 0.270. The largest absolute Gasteiger partial charge is 0.383 e. The molecule has 0 fully saturated rings. The number of carbonyl (C=O) groups is 1. The average molecular weight is 202 g/mol. The first kappa shape index (κ1) is 9.39. The zero-order valence-corrected chi connectivity index (χ0v) is 8.21. The monoisotopic (exact) mass is 202 g/mol. The molecule has 0 aliphatic heterocycles. The van der Waals surface area contributed by atoms with E-state index in [9.17, 15) is 4.79 Å². The van der Waals surface area contributed by atoms with Gasteiger partial charge in [0.15, 0.2) is 0 Å². The highest BCUT2D eigenvalue weighted by Crippen LogP contribution is 2.08. The summed E-state index contributed by atoms with van der Waals surface area (Å²) < 4.78 is 1.17. The van der Waals surface area contributed by atoms with E-state index in [0.717, 1.165) is 0 Å². The van der Waals surface area contributed by atoms with Gasteiger partial charge in [0.25, 0.3) is 5.91 Å². The number of nitrogens with zero attached hydrogens (tertiary/aromatic N) is 3. The van der Waals surface area contributed by atoms with Crippen molar-refractivity contribution in [3.8, 4) is 0 Å². The van der Waals surface area contributed by atoms with Crippen LogP contribution in [0.3, 0.4) is 0 Å². The number of aromatic nitrogens is 3. The maximum Gasteiger partial charge on any atom is 0.281 e. The quantitative estimate of drug-likeness (QED) is 0.744. The van der Waals surface area contributed by atoms with Crippen LogP contribution >= 0.6 is 0 Å². The summed E-state index contributed by atoms with van der Waals surface area (Å²) in [6, 6.07) is 5.01. The number of aryl methyl sites for hydroxylation is 1. The molecule has 0 saturated carbocycles. The summed E-state index contributed by atoms with van der Waals surface area (Å²) in [4.78, 5) is 15.7. The van der Waals surface area contributed by atoms with Gasteiger partial charge in [-0.05, 0) is 19.1 Å². The Bertz CT molecular complexity index is 489. The Morgan fingerprint density at radius 3 is 2.87 bits per heavy atom. The summed E-state index contributed by atoms with van der Waals surface area (Å²) in [5, 5.41) is 4.00. The fraction of sp³-hybridized carbons (Fsp3) is 0.100. The van der Waals surface area contributed by atoms with Crippen LogP contribution in [0, 0.1) is 6.92 Å². The van der Waals surface area contributed by atoms with Crippen LogP contribution in [0.2, 0.25) is 0 Å². The summed E-state index contributed by atoms with van der Waals surface area (Å²) in [7, 11) is 0. The molecule has 2 aromatic heterocycles. The van der Waals surface area contributed by atoms with Crippen LogP contribution in [0.4, 0.5) is 5.82 Å². The van der Waals surface area contributed by atoms with Crippen molar-refractivity contribution in [3.05, 3.63) is 41.9 Å². The van der Waals surface area contributed by atoms with E-state index >= 15 is 0 Å². The Morgan fingerprint density at radius 1 is 1.53 bits per heavy atom. The Balaban J connectivity index is 2.41. The second kappa shape index (κ2) is 3.53. The fourth-order valence-corrected chi connectivity index (χ4v) is 1.29. The topological polar surface area (TPSA) is 73.8 Å². The van der Waals surface area contributed by atoms with Gasteiger partial charge in [0.1, 0.15) is 5.82 Å². The highest BCUT2D eigenvalue weighted by molar-refractivity contribution is 5.96. The first-order chi connectivity index (χ1) is 7.18. The minimum Gasteiger partial charge on any atom is -0.383 e. The van der Waals surface area contributed by atoms with Gasteiger partial charge in [0.2, 0.25) is 0 Å². The Hall–Kier alpha value is -2.17. The van der Waals surface area contributed by atoms with Gasteiger partial charge in [0.05, 0.1) is 11.3 Å². The molecule has 5 nitrogen and oxygen atoms in total. The van der Waals surface area contributed by atoms with Gasteiger partial charge in [0, 0.05) is 18.5 Å². The van der Waals surface area contributed by atoms with Gasteiger partial charge < -0.3 is 5.73 Å². The van der Waals surface area contributed by atoms with Crippen molar-refractivity contribution >= 4 is 11.7 Å². The minimum atomic E-state index is -0.270. The lowest BCUT2D eigenvalue weighted by atomic mass is 10.3. The van der Waals surface area contributed by atoms with Crippen molar-refractivity contribution in [2.24, 2.45) is 0 Å². The summed E-state index contributed by atoms with van der Waals surface area (Å²) in [5.41, 5.74) is 6.82. The molecule has 5 heteroatoms. The van der Waals surface area contributed by atoms with Crippen LogP contribution in [0.1, 0.15) is 16.1 Å². The average Bonchev–Trinajstić information content (AvgIpc) is 2.58. The number of nitrogens with two attached hydrogens (primary N) is 1. The molecule has 0 spiro atoms. The molecule has 76 valence electrons. The lowest BCUT2D eigenvalue weighted by Crippen LogP contribution is -2.16. The normalized spacial score (nSPS) is 10.2. The molecule has 0 aromatic carbocycles. The third-order valence-electron chi connectivity index (χ3n) is 1.96. The second-order valence-corrected chi connectivity index (χ2v) is 3.17. The van der Waals surface area contributed by atoms with Gasteiger partial charge in [-0.2, -0.15) is 9.78 Å². The molecule has 0 bridgehead atoms. The van der Waals surface area contributed by atoms with Gasteiger partial charge in [-0.25, -0.2) is 0 Å². The standard InChI is InChI=1S/C10H10N4O/c1-7-5-9(11)14(13-7)10(15)8-3-2-4-12-6-8/h2-6H,11H2,1H3. The molecule has 2 N–H and O–H groups in total. The van der Waals surface area contributed by atoms with Crippen LogP contribution in [0.25, 0.3) is 0 Å². The van der Waals surface area contributed by atoms with Crippen LogP contribution in [0.5, 0.6) is 0 Å². The van der Waals surface area contributed by atoms with Gasteiger partial charge in [-0.1, -0.05) is 0 Å². The zero-order chi connectivity index (χ0) is 10.8. The SMILES string of the molecule is Cc1cc(N)n(C(=O)c2cccnc2)n1. The molecule has 2 rings (SSSR count). The van der Waals surface area contributed by atoms with Gasteiger partial charge in [-0.15, -0.1) is 0 Å². The van der Waals surface area contributed by atoms with E-state index in [1.54, 1.807) is 31.3 Å².